The Hall–Kier alpha value is -2.82. The number of rotatable bonds is 4. The van der Waals surface area contributed by atoms with Gasteiger partial charge in [0.1, 0.15) is 5.75 Å². The fourth-order valence-corrected chi connectivity index (χ4v) is 2.02. The standard InChI is InChI=1S/C17H15NO4/c1-11(2)21-14-7-4-3-6-12(14)10-13-17(19)22-16(18-13)15-8-5-9-20-15/h3-11H,1-2H3/b13-10-. The highest BCUT2D eigenvalue weighted by molar-refractivity contribution is 6.11. The summed E-state index contributed by atoms with van der Waals surface area (Å²) in [6.45, 7) is 3.89. The highest BCUT2D eigenvalue weighted by Gasteiger charge is 2.26. The number of hydrogen-bond acceptors (Lipinski definition) is 5. The van der Waals surface area contributed by atoms with Crippen LogP contribution in [0.2, 0.25) is 0 Å². The molecule has 1 aromatic carbocycles. The van der Waals surface area contributed by atoms with Gasteiger partial charge in [0.05, 0.1) is 12.4 Å². The Labute approximate surface area is 127 Å². The van der Waals surface area contributed by atoms with Crippen molar-refractivity contribution in [3.05, 3.63) is 59.7 Å². The predicted octanol–water partition coefficient (Wildman–Crippen LogP) is 3.41. The number of para-hydroxylation sites is 1. The Morgan fingerprint density at radius 2 is 2.00 bits per heavy atom. The molecule has 0 N–H and O–H groups in total. The summed E-state index contributed by atoms with van der Waals surface area (Å²) < 4.78 is 16.0. The van der Waals surface area contributed by atoms with E-state index in [1.165, 1.54) is 6.26 Å². The number of cyclic esters (lactones) is 1. The average molecular weight is 297 g/mol. The van der Waals surface area contributed by atoms with E-state index in [-0.39, 0.29) is 17.7 Å². The Balaban J connectivity index is 1.94. The van der Waals surface area contributed by atoms with Crippen molar-refractivity contribution in [2.24, 2.45) is 4.99 Å². The first-order valence-electron chi connectivity index (χ1n) is 6.95. The van der Waals surface area contributed by atoms with Crippen LogP contribution in [0.3, 0.4) is 0 Å². The summed E-state index contributed by atoms with van der Waals surface area (Å²) in [5.74, 6) is 0.775. The van der Waals surface area contributed by atoms with Crippen LogP contribution in [0.25, 0.3) is 6.08 Å². The molecular weight excluding hydrogens is 282 g/mol. The molecule has 1 aliphatic rings. The largest absolute Gasteiger partial charge is 0.490 e. The molecule has 0 aliphatic carbocycles. The second-order valence-corrected chi connectivity index (χ2v) is 5.02. The van der Waals surface area contributed by atoms with Gasteiger partial charge in [0.15, 0.2) is 11.5 Å². The number of furan rings is 1. The van der Waals surface area contributed by atoms with Crippen LogP contribution in [0.5, 0.6) is 5.75 Å². The smallest absolute Gasteiger partial charge is 0.363 e. The van der Waals surface area contributed by atoms with Crippen molar-refractivity contribution < 1.29 is 18.7 Å². The van der Waals surface area contributed by atoms with Crippen LogP contribution in [-0.2, 0) is 9.53 Å². The number of benzene rings is 1. The Bertz CT molecular complexity index is 742. The molecule has 0 saturated carbocycles. The Morgan fingerprint density at radius 3 is 2.73 bits per heavy atom. The number of nitrogens with zero attached hydrogens (tertiary/aromatic N) is 1. The molecule has 0 radical (unpaired) electrons. The third kappa shape index (κ3) is 2.93. The first-order valence-corrected chi connectivity index (χ1v) is 6.95. The van der Waals surface area contributed by atoms with Crippen LogP contribution in [0.15, 0.2) is 57.8 Å². The van der Waals surface area contributed by atoms with E-state index >= 15 is 0 Å². The van der Waals surface area contributed by atoms with Gasteiger partial charge < -0.3 is 13.9 Å². The molecule has 0 atom stereocenters. The molecule has 2 aromatic rings. The molecule has 2 heterocycles. The molecule has 22 heavy (non-hydrogen) atoms. The molecule has 3 rings (SSSR count). The van der Waals surface area contributed by atoms with Gasteiger partial charge in [0.25, 0.3) is 5.90 Å². The molecule has 0 spiro atoms. The normalized spacial score (nSPS) is 16.0. The van der Waals surface area contributed by atoms with E-state index in [2.05, 4.69) is 4.99 Å². The maximum absolute atomic E-state index is 11.9. The van der Waals surface area contributed by atoms with Crippen LogP contribution in [0.1, 0.15) is 25.2 Å². The quantitative estimate of drug-likeness (QED) is 0.641. The van der Waals surface area contributed by atoms with Gasteiger partial charge in [-0.1, -0.05) is 18.2 Å². The lowest BCUT2D eigenvalue weighted by atomic mass is 10.1. The second-order valence-electron chi connectivity index (χ2n) is 5.02. The molecule has 1 aliphatic heterocycles. The monoisotopic (exact) mass is 297 g/mol. The molecule has 5 nitrogen and oxygen atoms in total. The van der Waals surface area contributed by atoms with Crippen LogP contribution in [0.4, 0.5) is 0 Å². The van der Waals surface area contributed by atoms with Crippen molar-refractivity contribution in [1.82, 2.24) is 0 Å². The van der Waals surface area contributed by atoms with Gasteiger partial charge in [-0.3, -0.25) is 0 Å². The third-order valence-electron chi connectivity index (χ3n) is 2.93. The first-order chi connectivity index (χ1) is 10.6. The second kappa shape index (κ2) is 5.89. The zero-order chi connectivity index (χ0) is 15.5. The molecule has 0 bridgehead atoms. The minimum atomic E-state index is -0.509. The van der Waals surface area contributed by atoms with Crippen molar-refractivity contribution >= 4 is 17.9 Å². The van der Waals surface area contributed by atoms with Crippen molar-refractivity contribution in [1.29, 1.82) is 0 Å². The molecule has 0 amide bonds. The fraction of sp³-hybridized carbons (Fsp3) is 0.176. The summed E-state index contributed by atoms with van der Waals surface area (Å²) in [7, 11) is 0. The SMILES string of the molecule is CC(C)Oc1ccccc1/C=C1\N=C(c2ccco2)OC1=O. The van der Waals surface area contributed by atoms with Crippen LogP contribution < -0.4 is 4.74 Å². The highest BCUT2D eigenvalue weighted by Crippen LogP contribution is 2.25. The molecule has 5 heteroatoms. The van der Waals surface area contributed by atoms with Gasteiger partial charge in [-0.15, -0.1) is 0 Å². The van der Waals surface area contributed by atoms with Crippen LogP contribution in [-0.4, -0.2) is 18.0 Å². The number of ether oxygens (including phenoxy) is 2. The maximum atomic E-state index is 11.9. The van der Waals surface area contributed by atoms with E-state index in [0.29, 0.717) is 11.5 Å². The Morgan fingerprint density at radius 1 is 1.18 bits per heavy atom. The van der Waals surface area contributed by atoms with E-state index in [4.69, 9.17) is 13.9 Å². The average Bonchev–Trinajstić information content (AvgIpc) is 3.11. The topological polar surface area (TPSA) is 61.0 Å². The molecule has 0 unspecified atom stereocenters. The zero-order valence-electron chi connectivity index (χ0n) is 12.3. The summed E-state index contributed by atoms with van der Waals surface area (Å²) >= 11 is 0. The summed E-state index contributed by atoms with van der Waals surface area (Å²) in [5, 5.41) is 0. The van der Waals surface area contributed by atoms with Crippen molar-refractivity contribution in [2.75, 3.05) is 0 Å². The Kier molecular flexibility index (Phi) is 3.78. The van der Waals surface area contributed by atoms with Gasteiger partial charge in [0.2, 0.25) is 0 Å². The third-order valence-corrected chi connectivity index (χ3v) is 2.93. The summed E-state index contributed by atoms with van der Waals surface area (Å²) in [4.78, 5) is 16.1. The zero-order valence-corrected chi connectivity index (χ0v) is 12.3. The van der Waals surface area contributed by atoms with E-state index < -0.39 is 5.97 Å². The van der Waals surface area contributed by atoms with E-state index in [1.807, 2.05) is 38.1 Å². The summed E-state index contributed by atoms with van der Waals surface area (Å²) in [6.07, 6.45) is 3.19. The van der Waals surface area contributed by atoms with Gasteiger partial charge in [-0.2, -0.15) is 0 Å². The molecule has 1 aromatic heterocycles. The van der Waals surface area contributed by atoms with Crippen molar-refractivity contribution in [2.45, 2.75) is 20.0 Å². The summed E-state index contributed by atoms with van der Waals surface area (Å²) in [6, 6.07) is 10.9. The van der Waals surface area contributed by atoms with Crippen LogP contribution in [0, 0.1) is 0 Å². The maximum Gasteiger partial charge on any atom is 0.363 e. The number of hydrogen-bond donors (Lipinski definition) is 0. The van der Waals surface area contributed by atoms with Crippen molar-refractivity contribution in [3.8, 4) is 5.75 Å². The lowest BCUT2D eigenvalue weighted by molar-refractivity contribution is -0.130. The van der Waals surface area contributed by atoms with Gasteiger partial charge in [-0.05, 0) is 38.1 Å². The minimum Gasteiger partial charge on any atom is -0.490 e. The van der Waals surface area contributed by atoms with E-state index in [0.717, 1.165) is 5.56 Å². The van der Waals surface area contributed by atoms with E-state index in [1.54, 1.807) is 18.2 Å². The molecule has 0 saturated heterocycles. The lowest BCUT2D eigenvalue weighted by Gasteiger charge is -2.12. The minimum absolute atomic E-state index is 0.0391. The van der Waals surface area contributed by atoms with Crippen LogP contribution >= 0.6 is 0 Å². The number of carbonyl (C=O) groups excluding carboxylic acids is 1. The van der Waals surface area contributed by atoms with Crippen molar-refractivity contribution in [3.63, 3.8) is 0 Å². The van der Waals surface area contributed by atoms with Gasteiger partial charge in [0, 0.05) is 5.56 Å². The van der Waals surface area contributed by atoms with Gasteiger partial charge >= 0.3 is 5.97 Å². The highest BCUT2D eigenvalue weighted by atomic mass is 16.6. The predicted molar refractivity (Wildman–Crippen MR) is 81.5 cm³/mol. The first kappa shape index (κ1) is 14.1. The number of aliphatic imine (C=N–C) groups is 1. The lowest BCUT2D eigenvalue weighted by Crippen LogP contribution is -2.07. The molecular formula is C17H15NO4. The molecule has 0 fully saturated rings. The van der Waals surface area contributed by atoms with E-state index in [9.17, 15) is 4.79 Å². The van der Waals surface area contributed by atoms with Gasteiger partial charge in [-0.25, -0.2) is 9.79 Å². The summed E-state index contributed by atoms with van der Waals surface area (Å²) in [5.41, 5.74) is 0.985. The number of esters is 1. The number of carbonyl (C=O) groups is 1. The fourth-order valence-electron chi connectivity index (χ4n) is 2.02. The molecule has 112 valence electrons.